The number of benzene rings is 1. The summed E-state index contributed by atoms with van der Waals surface area (Å²) in [5, 5.41) is 10.4. The summed E-state index contributed by atoms with van der Waals surface area (Å²) in [7, 11) is 2.10. The van der Waals surface area contributed by atoms with Crippen molar-refractivity contribution in [1.29, 1.82) is 0 Å². The smallest absolute Gasteiger partial charge is 0.308 e. The zero-order chi connectivity index (χ0) is 30.2. The topological polar surface area (TPSA) is 138 Å². The lowest BCUT2D eigenvalue weighted by Crippen LogP contribution is -2.45. The maximum atomic E-state index is 13.6. The van der Waals surface area contributed by atoms with Gasteiger partial charge in [0.05, 0.1) is 25.8 Å². The van der Waals surface area contributed by atoms with Crippen molar-refractivity contribution in [2.24, 2.45) is 5.92 Å². The Hall–Kier alpha value is -2.61. The number of sulfonamides is 1. The number of nitrogens with zero attached hydrogens (tertiary/aromatic N) is 3. The maximum absolute atomic E-state index is 13.6. The van der Waals surface area contributed by atoms with E-state index < -0.39 is 33.9 Å². The molecule has 13 heteroatoms. The van der Waals surface area contributed by atoms with Crippen LogP contribution in [0.1, 0.15) is 50.5 Å². The molecular formula is C28H46N4O8S. The zero-order valence-corrected chi connectivity index (χ0v) is 25.7. The van der Waals surface area contributed by atoms with Crippen LogP contribution in [0.2, 0.25) is 0 Å². The molecule has 12 nitrogen and oxygen atoms in total. The highest BCUT2D eigenvalue weighted by molar-refractivity contribution is 7.88. The number of unbranched alkanes of at least 4 members (excludes halogenated alkanes) is 2. The lowest BCUT2D eigenvalue weighted by Gasteiger charge is -2.30. The maximum Gasteiger partial charge on any atom is 0.308 e. The average molecular weight is 599 g/mol. The number of carbonyl (C=O) groups excluding carboxylic acids is 1. The van der Waals surface area contributed by atoms with E-state index in [1.807, 2.05) is 23.9 Å². The van der Waals surface area contributed by atoms with Gasteiger partial charge in [0.2, 0.25) is 28.5 Å². The fourth-order valence-corrected chi connectivity index (χ4v) is 6.15. The highest BCUT2D eigenvalue weighted by Crippen LogP contribution is 2.47. The minimum Gasteiger partial charge on any atom is -0.493 e. The number of hydrogen-bond donors (Lipinski definition) is 2. The van der Waals surface area contributed by atoms with Crippen molar-refractivity contribution in [3.8, 4) is 17.2 Å². The van der Waals surface area contributed by atoms with Gasteiger partial charge in [-0.05, 0) is 64.0 Å². The molecule has 41 heavy (non-hydrogen) atoms. The Labute approximate surface area is 243 Å². The summed E-state index contributed by atoms with van der Waals surface area (Å²) in [6, 6.07) is 2.98. The van der Waals surface area contributed by atoms with Gasteiger partial charge in [-0.3, -0.25) is 14.5 Å². The van der Waals surface area contributed by atoms with Gasteiger partial charge < -0.3 is 29.1 Å². The SMILES string of the molecule is CCCCN(CCCCN(C)C)C(=O)CN1C[C@H](c2cc(OC)c3c(c2)OCO3)[C@@H](C(=O)O)[C@@H]1CCNS(C)(=O)=O. The minimum atomic E-state index is -3.46. The monoisotopic (exact) mass is 598 g/mol. The molecule has 0 aliphatic carbocycles. The van der Waals surface area contributed by atoms with Crippen LogP contribution < -0.4 is 18.9 Å². The van der Waals surface area contributed by atoms with Crippen LogP contribution in [0.25, 0.3) is 0 Å². The van der Waals surface area contributed by atoms with Gasteiger partial charge in [0, 0.05) is 38.1 Å². The van der Waals surface area contributed by atoms with Crippen LogP contribution in [0.15, 0.2) is 12.1 Å². The number of aliphatic carboxylic acids is 1. The molecule has 0 spiro atoms. The van der Waals surface area contributed by atoms with Crippen molar-refractivity contribution >= 4 is 21.9 Å². The quantitative estimate of drug-likeness (QED) is 0.255. The molecule has 1 fully saturated rings. The van der Waals surface area contributed by atoms with Gasteiger partial charge in [0.1, 0.15) is 0 Å². The molecule has 0 bridgehead atoms. The fourth-order valence-electron chi connectivity index (χ4n) is 5.66. The van der Waals surface area contributed by atoms with Gasteiger partial charge in [-0.2, -0.15) is 0 Å². The molecule has 1 aromatic carbocycles. The van der Waals surface area contributed by atoms with Crippen molar-refractivity contribution in [3.63, 3.8) is 0 Å². The van der Waals surface area contributed by atoms with E-state index in [1.54, 1.807) is 12.1 Å². The Morgan fingerprint density at radius 3 is 2.49 bits per heavy atom. The van der Waals surface area contributed by atoms with Crippen LogP contribution in [0.3, 0.4) is 0 Å². The van der Waals surface area contributed by atoms with Gasteiger partial charge in [-0.15, -0.1) is 0 Å². The second kappa shape index (κ2) is 15.0. The van der Waals surface area contributed by atoms with Gasteiger partial charge in [-0.1, -0.05) is 13.3 Å². The number of amides is 1. The van der Waals surface area contributed by atoms with E-state index in [9.17, 15) is 23.1 Å². The molecule has 0 unspecified atom stereocenters. The molecule has 1 saturated heterocycles. The number of carboxylic acids is 1. The van der Waals surface area contributed by atoms with Gasteiger partial charge in [-0.25, -0.2) is 13.1 Å². The van der Waals surface area contributed by atoms with E-state index in [0.29, 0.717) is 42.4 Å². The van der Waals surface area contributed by atoms with Crippen LogP contribution in [0, 0.1) is 5.92 Å². The number of likely N-dealkylation sites (tertiary alicyclic amines) is 1. The third-order valence-corrected chi connectivity index (χ3v) is 8.43. The van der Waals surface area contributed by atoms with Crippen molar-refractivity contribution in [1.82, 2.24) is 19.4 Å². The molecule has 0 aromatic heterocycles. The van der Waals surface area contributed by atoms with Gasteiger partial charge in [0.25, 0.3) is 0 Å². The fraction of sp³-hybridized carbons (Fsp3) is 0.714. The van der Waals surface area contributed by atoms with Crippen molar-refractivity contribution in [2.75, 3.05) is 73.5 Å². The molecule has 0 saturated carbocycles. The summed E-state index contributed by atoms with van der Waals surface area (Å²) < 4.78 is 42.6. The molecule has 2 aliphatic heterocycles. The number of nitrogens with one attached hydrogen (secondary N) is 1. The third kappa shape index (κ3) is 9.19. The summed E-state index contributed by atoms with van der Waals surface area (Å²) >= 11 is 0. The Morgan fingerprint density at radius 1 is 1.15 bits per heavy atom. The normalized spacial score (nSPS) is 20.5. The first-order valence-corrected chi connectivity index (χ1v) is 16.2. The Kier molecular flexibility index (Phi) is 12.1. The molecule has 2 N–H and O–H groups in total. The molecule has 2 heterocycles. The zero-order valence-electron chi connectivity index (χ0n) is 24.9. The lowest BCUT2D eigenvalue weighted by molar-refractivity contribution is -0.143. The number of carbonyl (C=O) groups is 2. The van der Waals surface area contributed by atoms with Crippen LogP contribution in [0.5, 0.6) is 17.2 Å². The number of hydrogen-bond acceptors (Lipinski definition) is 9. The van der Waals surface area contributed by atoms with E-state index in [2.05, 4.69) is 16.5 Å². The largest absolute Gasteiger partial charge is 0.493 e. The highest BCUT2D eigenvalue weighted by atomic mass is 32.2. The molecule has 2 aliphatic rings. The molecule has 0 radical (unpaired) electrons. The Bertz CT molecular complexity index is 1150. The first-order chi connectivity index (χ1) is 19.4. The second-order valence-electron chi connectivity index (χ2n) is 11.1. The summed E-state index contributed by atoms with van der Waals surface area (Å²) in [5.41, 5.74) is 0.709. The lowest BCUT2D eigenvalue weighted by atomic mass is 9.84. The molecule has 3 rings (SSSR count). The number of methoxy groups -OCH3 is 1. The van der Waals surface area contributed by atoms with Crippen molar-refractivity contribution in [3.05, 3.63) is 17.7 Å². The van der Waals surface area contributed by atoms with E-state index in [1.165, 1.54) is 7.11 Å². The molecular weight excluding hydrogens is 552 g/mol. The summed E-state index contributed by atoms with van der Waals surface area (Å²) in [5.74, 6) is -0.989. The number of ether oxygens (including phenoxy) is 3. The molecule has 232 valence electrons. The summed E-state index contributed by atoms with van der Waals surface area (Å²) in [4.78, 5) is 32.3. The van der Waals surface area contributed by atoms with Crippen molar-refractivity contribution in [2.45, 2.75) is 51.0 Å². The first kappa shape index (κ1) is 32.9. The second-order valence-corrected chi connectivity index (χ2v) is 13.0. The van der Waals surface area contributed by atoms with Crippen LogP contribution >= 0.6 is 0 Å². The predicted molar refractivity (Wildman–Crippen MR) is 155 cm³/mol. The summed E-state index contributed by atoms with van der Waals surface area (Å²) in [6.45, 7) is 4.81. The highest BCUT2D eigenvalue weighted by Gasteiger charge is 2.47. The predicted octanol–water partition coefficient (Wildman–Crippen LogP) is 1.80. The number of fused-ring (bicyclic) bond motifs is 1. The molecule has 1 amide bonds. The van der Waals surface area contributed by atoms with E-state index in [-0.39, 0.29) is 32.2 Å². The molecule has 1 aromatic rings. The Balaban J connectivity index is 1.87. The number of rotatable bonds is 17. The Morgan fingerprint density at radius 2 is 1.85 bits per heavy atom. The van der Waals surface area contributed by atoms with Gasteiger partial charge >= 0.3 is 5.97 Å². The summed E-state index contributed by atoms with van der Waals surface area (Å²) in [6.07, 6.45) is 5.02. The number of carboxylic acid groups (broad SMARTS) is 1. The van der Waals surface area contributed by atoms with Gasteiger partial charge in [0.15, 0.2) is 11.5 Å². The average Bonchev–Trinajstić information content (AvgIpc) is 3.51. The van der Waals surface area contributed by atoms with Crippen LogP contribution in [0.4, 0.5) is 0 Å². The molecule has 3 atom stereocenters. The third-order valence-electron chi connectivity index (χ3n) is 7.70. The van der Waals surface area contributed by atoms with E-state index in [0.717, 1.165) is 38.5 Å². The minimum absolute atomic E-state index is 0.0440. The van der Waals surface area contributed by atoms with Crippen LogP contribution in [-0.4, -0.2) is 120 Å². The van der Waals surface area contributed by atoms with E-state index >= 15 is 0 Å². The standard InChI is InChI=1S/C28H46N4O8S/c1-6-7-13-31(14-9-8-12-30(2)3)25(33)18-32-17-21(20-15-23(38-4)27-24(16-20)39-19-40-27)26(28(34)35)22(32)10-11-29-41(5,36)37/h15-16,21-22,26,29H,6-14,17-19H2,1-5H3,(H,34,35)/t21-,22+,26-/m1/s1. The van der Waals surface area contributed by atoms with E-state index in [4.69, 9.17) is 14.2 Å². The van der Waals surface area contributed by atoms with Crippen molar-refractivity contribution < 1.29 is 37.3 Å². The first-order valence-electron chi connectivity index (χ1n) is 14.3. The van der Waals surface area contributed by atoms with Crippen LogP contribution in [-0.2, 0) is 19.6 Å².